The third-order valence-corrected chi connectivity index (χ3v) is 6.68. The van der Waals surface area contributed by atoms with Gasteiger partial charge < -0.3 is 19.9 Å². The van der Waals surface area contributed by atoms with Crippen molar-refractivity contribution in [3.05, 3.63) is 36.6 Å². The molecule has 2 atom stereocenters. The van der Waals surface area contributed by atoms with Crippen molar-refractivity contribution in [2.24, 2.45) is 7.05 Å². The van der Waals surface area contributed by atoms with Gasteiger partial charge in [0.1, 0.15) is 17.4 Å². The van der Waals surface area contributed by atoms with Crippen LogP contribution in [0.5, 0.6) is 11.6 Å². The molecule has 0 aromatic carbocycles. The van der Waals surface area contributed by atoms with E-state index in [9.17, 15) is 4.79 Å². The van der Waals surface area contributed by atoms with Gasteiger partial charge in [-0.1, -0.05) is 37.9 Å². The van der Waals surface area contributed by atoms with Crippen LogP contribution in [-0.4, -0.2) is 47.3 Å². The van der Waals surface area contributed by atoms with Gasteiger partial charge >= 0.3 is 6.09 Å². The van der Waals surface area contributed by atoms with E-state index in [-0.39, 0.29) is 0 Å². The average Bonchev–Trinajstić information content (AvgIpc) is 2.91. The van der Waals surface area contributed by atoms with E-state index in [1.54, 1.807) is 18.3 Å². The van der Waals surface area contributed by atoms with E-state index < -0.39 is 26.1 Å². The van der Waals surface area contributed by atoms with Crippen LogP contribution in [0, 0.1) is 0 Å². The first-order chi connectivity index (χ1) is 13.6. The summed E-state index contributed by atoms with van der Waals surface area (Å²) in [5.41, 5.74) is 0.630. The maximum atomic E-state index is 15.8. The molecule has 2 unspecified atom stereocenters. The number of carbonyl (C=O) groups is 1. The lowest BCUT2D eigenvalue weighted by molar-refractivity contribution is -0.0336. The molecule has 1 aliphatic carbocycles. The summed E-state index contributed by atoms with van der Waals surface area (Å²) >= 11 is 0. The molecule has 156 valence electrons. The normalized spacial score (nSPS) is 21.4. The average molecular weight is 420 g/mol. The van der Waals surface area contributed by atoms with Gasteiger partial charge in [0.2, 0.25) is 0 Å². The van der Waals surface area contributed by atoms with E-state index in [1.807, 2.05) is 18.5 Å². The number of aromatic nitrogens is 2. The number of aryl methyl sites for hydroxylation is 1. The molecule has 0 fully saturated rings. The molecule has 1 aliphatic rings. The molecule has 0 saturated carbocycles. The summed E-state index contributed by atoms with van der Waals surface area (Å²) in [6, 6.07) is 0.422. The highest BCUT2D eigenvalue weighted by molar-refractivity contribution is 6.91. The van der Waals surface area contributed by atoms with Crippen LogP contribution in [0.15, 0.2) is 36.6 Å². The first kappa shape index (κ1) is 20.9. The molecule has 0 saturated heterocycles. The largest absolute Gasteiger partial charge is 0.479 e. The molecule has 1 amide bonds. The minimum absolute atomic E-state index is 0.300. The van der Waals surface area contributed by atoms with Crippen LogP contribution < -0.4 is 20.0 Å². The van der Waals surface area contributed by atoms with Crippen molar-refractivity contribution in [2.45, 2.75) is 38.5 Å². The fraction of sp³-hybridized carbons (Fsp3) is 0.400. The number of hydrogen-bond donors (Lipinski definition) is 2. The van der Waals surface area contributed by atoms with Crippen LogP contribution in [0.1, 0.15) is 6.92 Å². The van der Waals surface area contributed by atoms with Crippen molar-refractivity contribution in [3.63, 3.8) is 0 Å². The monoisotopic (exact) mass is 419 g/mol. The third kappa shape index (κ3) is 3.87. The number of amides is 1. The molecule has 0 aliphatic heterocycles. The molecule has 9 heteroatoms. The molecule has 2 aromatic heterocycles. The molecule has 2 N–H and O–H groups in total. The van der Waals surface area contributed by atoms with E-state index >= 15 is 4.39 Å². The second-order valence-electron chi connectivity index (χ2n) is 7.90. The van der Waals surface area contributed by atoms with Crippen LogP contribution in [-0.2, 0) is 7.05 Å². The summed E-state index contributed by atoms with van der Waals surface area (Å²) in [5.74, 6) is -1.37. The molecule has 2 heterocycles. The predicted octanol–water partition coefficient (Wildman–Crippen LogP) is 3.32. The number of hydrogen-bond acceptors (Lipinski definition) is 4. The molecular formula is C20H26FN3O4Si. The Labute approximate surface area is 169 Å². The van der Waals surface area contributed by atoms with Crippen LogP contribution >= 0.6 is 0 Å². The lowest BCUT2D eigenvalue weighted by atomic mass is 10.0. The minimum Gasteiger partial charge on any atom is -0.479 e. The number of rotatable bonds is 6. The number of allylic oxidation sites excluding steroid dienone is 2. The van der Waals surface area contributed by atoms with Crippen molar-refractivity contribution in [1.29, 1.82) is 0 Å². The van der Waals surface area contributed by atoms with E-state index in [2.05, 4.69) is 29.9 Å². The van der Waals surface area contributed by atoms with Gasteiger partial charge in [-0.05, 0) is 19.1 Å². The molecule has 2 aromatic rings. The summed E-state index contributed by atoms with van der Waals surface area (Å²) in [6.07, 6.45) is 5.92. The van der Waals surface area contributed by atoms with Crippen molar-refractivity contribution in [1.82, 2.24) is 14.9 Å². The Hall–Kier alpha value is -2.81. The number of nitrogens with one attached hydrogen (secondary N) is 1. The molecule has 3 rings (SSSR count). The van der Waals surface area contributed by atoms with E-state index in [0.717, 1.165) is 5.19 Å². The van der Waals surface area contributed by atoms with E-state index in [4.69, 9.17) is 14.6 Å². The smallest absolute Gasteiger partial charge is 0.405 e. The maximum absolute atomic E-state index is 15.8. The molecule has 7 nitrogen and oxygen atoms in total. The zero-order valence-corrected chi connectivity index (χ0v) is 18.2. The van der Waals surface area contributed by atoms with Gasteiger partial charge in [0.05, 0.1) is 20.1 Å². The zero-order chi connectivity index (χ0) is 21.4. The highest BCUT2D eigenvalue weighted by Gasteiger charge is 2.41. The second kappa shape index (κ2) is 7.55. The molecule has 0 bridgehead atoms. The van der Waals surface area contributed by atoms with Crippen LogP contribution in [0.3, 0.4) is 0 Å². The van der Waals surface area contributed by atoms with Crippen molar-refractivity contribution >= 4 is 30.4 Å². The fourth-order valence-electron chi connectivity index (χ4n) is 3.52. The fourth-order valence-corrected chi connectivity index (χ4v) is 5.39. The van der Waals surface area contributed by atoms with Gasteiger partial charge in [-0.2, -0.15) is 4.39 Å². The molecular weight excluding hydrogens is 393 g/mol. The van der Waals surface area contributed by atoms with Gasteiger partial charge in [-0.15, -0.1) is 0 Å². The number of alkyl halides is 1. The quantitative estimate of drug-likeness (QED) is 0.702. The maximum Gasteiger partial charge on any atom is 0.405 e. The van der Waals surface area contributed by atoms with Crippen molar-refractivity contribution < 1.29 is 23.8 Å². The van der Waals surface area contributed by atoms with Gasteiger partial charge in [0.25, 0.3) is 5.85 Å². The Kier molecular flexibility index (Phi) is 5.44. The SMILES string of the molecule is CCOc1c([Si](C)(C)C)c2c(OC3(F)C=CC=CC3NC(=O)O)ccnc2n1C. The summed E-state index contributed by atoms with van der Waals surface area (Å²) in [4.78, 5) is 15.6. The zero-order valence-electron chi connectivity index (χ0n) is 17.2. The van der Waals surface area contributed by atoms with Crippen LogP contribution in [0.25, 0.3) is 11.0 Å². The van der Waals surface area contributed by atoms with E-state index in [0.29, 0.717) is 29.3 Å². The first-order valence-electron chi connectivity index (χ1n) is 9.42. The van der Waals surface area contributed by atoms with Crippen LogP contribution in [0.2, 0.25) is 19.6 Å². The van der Waals surface area contributed by atoms with Crippen molar-refractivity contribution in [3.8, 4) is 11.6 Å². The second-order valence-corrected chi connectivity index (χ2v) is 12.9. The van der Waals surface area contributed by atoms with Crippen molar-refractivity contribution in [2.75, 3.05) is 6.61 Å². The van der Waals surface area contributed by atoms with Gasteiger partial charge in [0.15, 0.2) is 5.88 Å². The van der Waals surface area contributed by atoms with Gasteiger partial charge in [0, 0.05) is 18.4 Å². The Bertz CT molecular complexity index is 996. The molecule has 0 spiro atoms. The Morgan fingerprint density at radius 3 is 2.76 bits per heavy atom. The number of ether oxygens (including phenoxy) is 2. The Morgan fingerprint density at radius 2 is 2.14 bits per heavy atom. The molecule has 29 heavy (non-hydrogen) atoms. The highest BCUT2D eigenvalue weighted by Crippen LogP contribution is 2.35. The van der Waals surface area contributed by atoms with Crippen LogP contribution in [0.4, 0.5) is 9.18 Å². The predicted molar refractivity (Wildman–Crippen MR) is 113 cm³/mol. The third-order valence-electron chi connectivity index (χ3n) is 4.72. The molecule has 0 radical (unpaired) electrons. The Morgan fingerprint density at radius 1 is 1.41 bits per heavy atom. The minimum atomic E-state index is -2.38. The number of nitrogens with zero attached hydrogens (tertiary/aromatic N) is 2. The standard InChI is InChI=1S/C20H26FN3O4Si/c1-6-27-18-16(29(3,4)5)15-13(10-12-22-17(15)24(18)2)28-20(21)11-8-7-9-14(20)23-19(25)26/h7-12,14,23H,6H2,1-5H3,(H,25,26). The topological polar surface area (TPSA) is 85.6 Å². The van der Waals surface area contributed by atoms with Gasteiger partial charge in [-0.3, -0.25) is 4.57 Å². The summed E-state index contributed by atoms with van der Waals surface area (Å²) in [7, 11) is -0.0953. The number of halogens is 1. The Balaban J connectivity index is 2.18. The summed E-state index contributed by atoms with van der Waals surface area (Å²) in [5, 5.41) is 12.9. The summed E-state index contributed by atoms with van der Waals surface area (Å²) in [6.45, 7) is 8.91. The number of carboxylic acid groups (broad SMARTS) is 1. The van der Waals surface area contributed by atoms with Gasteiger partial charge in [-0.25, -0.2) is 9.78 Å². The number of pyridine rings is 1. The first-order valence-corrected chi connectivity index (χ1v) is 12.9. The van der Waals surface area contributed by atoms with E-state index in [1.165, 1.54) is 18.2 Å². The highest BCUT2D eigenvalue weighted by atomic mass is 28.3. The number of fused-ring (bicyclic) bond motifs is 1. The lowest BCUT2D eigenvalue weighted by Gasteiger charge is -2.31. The summed E-state index contributed by atoms with van der Waals surface area (Å²) < 4.78 is 29.4. The lowest BCUT2D eigenvalue weighted by Crippen LogP contribution is -2.52.